The fraction of sp³-hybridized carbons (Fsp3) is 1.00. The monoisotopic (exact) mass is 91.0 g/mol. The minimum Gasteiger partial charge on any atom is -0.172 e. The molecule has 0 saturated heterocycles. The van der Waals surface area contributed by atoms with Crippen molar-refractivity contribution in [3.63, 3.8) is 0 Å². The predicted molar refractivity (Wildman–Crippen MR) is 17.5 cm³/mol. The van der Waals surface area contributed by atoms with Gasteiger partial charge < -0.3 is 0 Å². The molecule has 0 aliphatic carbocycles. The third-order valence-corrected chi connectivity index (χ3v) is 0. The number of halogens is 3. The maximum absolute atomic E-state index is 10.4. The average Bonchev–Trinajstić information content (AvgIpc) is 0.722. The quantitative estimate of drug-likeness (QED) is 0.393. The van der Waals surface area contributed by atoms with Gasteiger partial charge in [0.2, 0.25) is 0 Å². The fourth-order valence-electron chi connectivity index (χ4n) is 0. The summed E-state index contributed by atoms with van der Waals surface area (Å²) in [5, 5.41) is 0. The Kier molecular flexibility index (Phi) is 4.08. The van der Waals surface area contributed by atoms with Crippen LogP contribution in [0.2, 0.25) is 0 Å². The SMILES string of the molecule is CC(F)(F)F.[Li]. The zero-order chi connectivity index (χ0) is 4.50. The van der Waals surface area contributed by atoms with Crippen LogP contribution in [-0.4, -0.2) is 25.0 Å². The van der Waals surface area contributed by atoms with Gasteiger partial charge in [-0.1, -0.05) is 0 Å². The molecule has 0 nitrogen and oxygen atoms in total. The van der Waals surface area contributed by atoms with Crippen molar-refractivity contribution in [1.29, 1.82) is 0 Å². The van der Waals surface area contributed by atoms with Crippen LogP contribution in [0.4, 0.5) is 13.2 Å². The first-order chi connectivity index (χ1) is 2.00. The van der Waals surface area contributed by atoms with Gasteiger partial charge >= 0.3 is 6.18 Å². The van der Waals surface area contributed by atoms with Crippen molar-refractivity contribution in [2.45, 2.75) is 13.1 Å². The van der Waals surface area contributed by atoms with E-state index in [-0.39, 0.29) is 25.8 Å². The van der Waals surface area contributed by atoms with Crippen LogP contribution in [0.5, 0.6) is 0 Å². The Labute approximate surface area is 45.9 Å². The Morgan fingerprint density at radius 3 is 1.17 bits per heavy atom. The average molecular weight is 91.0 g/mol. The Bertz CT molecular complexity index is 24.3. The molecule has 0 saturated carbocycles. The number of alkyl halides is 3. The first-order valence-corrected chi connectivity index (χ1v) is 1.07. The smallest absolute Gasteiger partial charge is 0.172 e. The van der Waals surface area contributed by atoms with Gasteiger partial charge in [-0.2, -0.15) is 13.2 Å². The standard InChI is InChI=1S/C2H3F3.Li/c1-2(3,4)5;/h1H3;. The molecule has 0 unspecified atom stereocenters. The number of hydrogen-bond donors (Lipinski definition) is 0. The van der Waals surface area contributed by atoms with Crippen LogP contribution in [0.1, 0.15) is 6.92 Å². The molecule has 0 N–H and O–H groups in total. The summed E-state index contributed by atoms with van der Waals surface area (Å²) < 4.78 is 31.1. The first-order valence-electron chi connectivity index (χ1n) is 1.07. The van der Waals surface area contributed by atoms with Gasteiger partial charge in [-0.3, -0.25) is 0 Å². The van der Waals surface area contributed by atoms with Crippen LogP contribution in [0.3, 0.4) is 0 Å². The summed E-state index contributed by atoms with van der Waals surface area (Å²) in [5.41, 5.74) is 0. The maximum Gasteiger partial charge on any atom is 0.386 e. The molecule has 0 rings (SSSR count). The van der Waals surface area contributed by atoms with Gasteiger partial charge in [-0.15, -0.1) is 0 Å². The first kappa shape index (κ1) is 9.63. The van der Waals surface area contributed by atoms with Gasteiger partial charge in [-0.05, 0) is 0 Å². The molecule has 0 spiro atoms. The summed E-state index contributed by atoms with van der Waals surface area (Å²) in [4.78, 5) is 0. The molecule has 0 aromatic carbocycles. The minimum absolute atomic E-state index is 0. The van der Waals surface area contributed by atoms with E-state index >= 15 is 0 Å². The number of hydrogen-bond acceptors (Lipinski definition) is 0. The van der Waals surface area contributed by atoms with Gasteiger partial charge in [0, 0.05) is 25.8 Å². The summed E-state index contributed by atoms with van der Waals surface area (Å²) in [6.07, 6.45) is -4.00. The molecule has 0 aliphatic rings. The molecule has 0 aromatic rings. The molecule has 0 atom stereocenters. The van der Waals surface area contributed by atoms with Crippen molar-refractivity contribution >= 4 is 18.9 Å². The van der Waals surface area contributed by atoms with E-state index < -0.39 is 6.18 Å². The predicted octanol–water partition coefficient (Wildman–Crippen LogP) is 1.19. The molecule has 0 amide bonds. The summed E-state index contributed by atoms with van der Waals surface area (Å²) in [5.74, 6) is 0. The topological polar surface area (TPSA) is 0 Å². The fourth-order valence-corrected chi connectivity index (χ4v) is 0. The third-order valence-electron chi connectivity index (χ3n) is 0. The van der Waals surface area contributed by atoms with Gasteiger partial charge in [-0.25, -0.2) is 0 Å². The van der Waals surface area contributed by atoms with E-state index in [4.69, 9.17) is 0 Å². The summed E-state index contributed by atoms with van der Waals surface area (Å²) in [6, 6.07) is 0. The van der Waals surface area contributed by atoms with E-state index in [1.165, 1.54) is 0 Å². The van der Waals surface area contributed by atoms with E-state index in [9.17, 15) is 13.2 Å². The van der Waals surface area contributed by atoms with Crippen LogP contribution in [-0.2, 0) is 0 Å². The van der Waals surface area contributed by atoms with Crippen molar-refractivity contribution in [3.8, 4) is 0 Å². The molecule has 0 aliphatic heterocycles. The third kappa shape index (κ3) is 335. The zero-order valence-corrected chi connectivity index (χ0v) is 3.63. The summed E-state index contributed by atoms with van der Waals surface area (Å²) in [6.45, 7) is 0.188. The Hall–Kier alpha value is 0.387. The molecule has 6 heavy (non-hydrogen) atoms. The normalized spacial score (nSPS) is 10.0. The Morgan fingerprint density at radius 1 is 1.17 bits per heavy atom. The maximum atomic E-state index is 10.4. The Balaban J connectivity index is 0. The van der Waals surface area contributed by atoms with E-state index in [2.05, 4.69) is 0 Å². The van der Waals surface area contributed by atoms with E-state index in [0.717, 1.165) is 0 Å². The molecule has 0 heterocycles. The molecule has 0 fully saturated rings. The minimum atomic E-state index is -4.00. The summed E-state index contributed by atoms with van der Waals surface area (Å²) >= 11 is 0. The molecule has 1 radical (unpaired) electrons. The van der Waals surface area contributed by atoms with E-state index in [0.29, 0.717) is 0 Å². The molecule has 0 bridgehead atoms. The molecule has 4 heteroatoms. The van der Waals surface area contributed by atoms with Crippen molar-refractivity contribution in [3.05, 3.63) is 0 Å². The van der Waals surface area contributed by atoms with Crippen molar-refractivity contribution < 1.29 is 13.2 Å². The van der Waals surface area contributed by atoms with Crippen LogP contribution in [0.15, 0.2) is 0 Å². The van der Waals surface area contributed by atoms with E-state index in [1.54, 1.807) is 0 Å². The second kappa shape index (κ2) is 2.54. The van der Waals surface area contributed by atoms with Gasteiger partial charge in [0.05, 0.1) is 0 Å². The van der Waals surface area contributed by atoms with Crippen LogP contribution in [0.25, 0.3) is 0 Å². The van der Waals surface area contributed by atoms with Crippen LogP contribution < -0.4 is 0 Å². The van der Waals surface area contributed by atoms with Crippen molar-refractivity contribution in [2.75, 3.05) is 0 Å². The summed E-state index contributed by atoms with van der Waals surface area (Å²) in [7, 11) is 0. The van der Waals surface area contributed by atoms with Crippen molar-refractivity contribution in [1.82, 2.24) is 0 Å². The Morgan fingerprint density at radius 2 is 1.17 bits per heavy atom. The molecular formula is C2H3F3Li. The van der Waals surface area contributed by atoms with Gasteiger partial charge in [0.15, 0.2) is 0 Å². The van der Waals surface area contributed by atoms with Gasteiger partial charge in [0.1, 0.15) is 0 Å². The van der Waals surface area contributed by atoms with Crippen LogP contribution in [0, 0.1) is 0 Å². The number of rotatable bonds is 0. The van der Waals surface area contributed by atoms with Crippen molar-refractivity contribution in [2.24, 2.45) is 0 Å². The van der Waals surface area contributed by atoms with E-state index in [1.807, 2.05) is 0 Å². The molecular weight excluding hydrogens is 88.0 g/mol. The van der Waals surface area contributed by atoms with Crippen LogP contribution >= 0.6 is 0 Å². The molecule has 0 aromatic heterocycles. The van der Waals surface area contributed by atoms with Gasteiger partial charge in [0.25, 0.3) is 0 Å². The second-order valence-electron chi connectivity index (χ2n) is 0.781. The molecule has 33 valence electrons. The zero-order valence-electron chi connectivity index (χ0n) is 3.63. The second-order valence-corrected chi connectivity index (χ2v) is 0.781. The largest absolute Gasteiger partial charge is 0.386 e.